The highest BCUT2D eigenvalue weighted by Gasteiger charge is 2.71. The van der Waals surface area contributed by atoms with Crippen LogP contribution in [-0.2, 0) is 20.2 Å². The molecule has 0 aromatic heterocycles. The molecule has 1 aliphatic heterocycles. The fourth-order valence-electron chi connectivity index (χ4n) is 8.11. The molecule has 2 saturated carbocycles. The predicted molar refractivity (Wildman–Crippen MR) is 147 cm³/mol. The minimum absolute atomic E-state index is 0.0212. The second kappa shape index (κ2) is 8.65. The normalized spacial score (nSPS) is 32.1. The molecular weight excluding hydrogens is 484 g/mol. The van der Waals surface area contributed by atoms with Gasteiger partial charge in [-0.1, -0.05) is 71.0 Å². The topological polar surface area (TPSA) is 86.7 Å². The van der Waals surface area contributed by atoms with Crippen molar-refractivity contribution in [2.45, 2.75) is 84.2 Å². The van der Waals surface area contributed by atoms with Crippen LogP contribution < -0.4 is 5.32 Å². The summed E-state index contributed by atoms with van der Waals surface area (Å²) in [5.41, 5.74) is -0.130. The first-order chi connectivity index (χ1) is 17.2. The molecule has 1 amide bonds. The number of hydrogen-bond donors (Lipinski definition) is 2. The molecule has 6 nitrogen and oxygen atoms in total. The first kappa shape index (κ1) is 26.9. The molecule has 2 unspecified atom stereocenters. The Morgan fingerprint density at radius 1 is 1.14 bits per heavy atom. The van der Waals surface area contributed by atoms with Crippen molar-refractivity contribution >= 4 is 22.0 Å². The fourth-order valence-corrected chi connectivity index (χ4v) is 10.4. The molecule has 2 N–H and O–H groups in total. The zero-order chi connectivity index (χ0) is 26.9. The molecule has 3 aliphatic carbocycles. The van der Waals surface area contributed by atoms with Gasteiger partial charge in [0.05, 0.1) is 11.4 Å². The molecule has 1 saturated heterocycles. The van der Waals surface area contributed by atoms with E-state index in [1.807, 2.05) is 20.8 Å². The smallest absolute Gasteiger partial charge is 0.225 e. The van der Waals surface area contributed by atoms with Crippen molar-refractivity contribution < 1.29 is 18.3 Å². The number of carbonyl (C=O) groups is 1. The van der Waals surface area contributed by atoms with Crippen LogP contribution in [-0.4, -0.2) is 54.7 Å². The lowest BCUT2D eigenvalue weighted by atomic mass is 9.63. The zero-order valence-electron chi connectivity index (χ0n) is 23.1. The van der Waals surface area contributed by atoms with Gasteiger partial charge in [-0.25, -0.2) is 12.7 Å². The van der Waals surface area contributed by atoms with Crippen molar-refractivity contribution in [2.75, 3.05) is 25.4 Å². The number of nitrogens with zero attached hydrogens (tertiary/aromatic N) is 1. The highest BCUT2D eigenvalue weighted by Crippen LogP contribution is 2.71. The summed E-state index contributed by atoms with van der Waals surface area (Å²) in [7, 11) is -3.58. The number of sulfonamides is 1. The lowest BCUT2D eigenvalue weighted by molar-refractivity contribution is -0.129. The van der Waals surface area contributed by atoms with Gasteiger partial charge in [-0.15, -0.1) is 0 Å². The van der Waals surface area contributed by atoms with Gasteiger partial charge in [0, 0.05) is 35.9 Å². The lowest BCUT2D eigenvalue weighted by Crippen LogP contribution is -2.57. The van der Waals surface area contributed by atoms with E-state index in [0.717, 1.165) is 19.3 Å². The molecule has 4 aliphatic rings. The maximum Gasteiger partial charge on any atom is 0.225 e. The number of rotatable bonds is 6. The Kier molecular flexibility index (Phi) is 6.29. The van der Waals surface area contributed by atoms with Crippen molar-refractivity contribution in [3.63, 3.8) is 0 Å². The minimum atomic E-state index is -3.58. The molecule has 2 bridgehead atoms. The Bertz CT molecular complexity index is 1210. The van der Waals surface area contributed by atoms with Gasteiger partial charge in [-0.2, -0.15) is 0 Å². The molecule has 37 heavy (non-hydrogen) atoms. The summed E-state index contributed by atoms with van der Waals surface area (Å²) in [6.07, 6.45) is 8.65. The van der Waals surface area contributed by atoms with Crippen LogP contribution in [0.2, 0.25) is 0 Å². The summed E-state index contributed by atoms with van der Waals surface area (Å²) in [5.74, 6) is 0.216. The minimum Gasteiger partial charge on any atom is -0.389 e. The molecule has 1 aromatic carbocycles. The van der Waals surface area contributed by atoms with Crippen LogP contribution in [0.3, 0.4) is 0 Å². The number of carbonyl (C=O) groups excluding carboxylic acids is 1. The quantitative estimate of drug-likeness (QED) is 0.570. The number of amides is 1. The molecule has 1 heterocycles. The van der Waals surface area contributed by atoms with Crippen molar-refractivity contribution in [1.82, 2.24) is 9.62 Å². The number of benzene rings is 1. The third-order valence-corrected chi connectivity index (χ3v) is 12.7. The molecule has 1 aromatic rings. The number of nitrogens with one attached hydrogen (secondary N) is 1. The summed E-state index contributed by atoms with van der Waals surface area (Å²) in [5, 5.41) is 15.1. The van der Waals surface area contributed by atoms with E-state index >= 15 is 0 Å². The van der Waals surface area contributed by atoms with Gasteiger partial charge in [0.15, 0.2) is 0 Å². The van der Waals surface area contributed by atoms with Crippen LogP contribution in [0.1, 0.15) is 84.3 Å². The van der Waals surface area contributed by atoms with Crippen LogP contribution in [0.5, 0.6) is 0 Å². The molecule has 5 rings (SSSR count). The van der Waals surface area contributed by atoms with E-state index in [-0.39, 0.29) is 28.4 Å². The number of aliphatic hydroxyl groups is 1. The van der Waals surface area contributed by atoms with E-state index in [4.69, 9.17) is 0 Å². The number of allylic oxidation sites excluding steroid dienone is 1. The van der Waals surface area contributed by atoms with E-state index in [2.05, 4.69) is 55.6 Å². The summed E-state index contributed by atoms with van der Waals surface area (Å²) >= 11 is 0. The Balaban J connectivity index is 1.33. The summed E-state index contributed by atoms with van der Waals surface area (Å²) in [6, 6.07) is 8.43. The first-order valence-electron chi connectivity index (χ1n) is 13.9. The first-order valence-corrected chi connectivity index (χ1v) is 15.5. The molecule has 7 heteroatoms. The highest BCUT2D eigenvalue weighted by molar-refractivity contribution is 7.89. The Labute approximate surface area is 223 Å². The van der Waals surface area contributed by atoms with E-state index in [9.17, 15) is 18.3 Å². The third-order valence-electron chi connectivity index (χ3n) is 10.7. The van der Waals surface area contributed by atoms with E-state index in [0.29, 0.717) is 38.9 Å². The molecule has 204 valence electrons. The van der Waals surface area contributed by atoms with Gasteiger partial charge in [0.25, 0.3) is 0 Å². The van der Waals surface area contributed by atoms with Gasteiger partial charge >= 0.3 is 0 Å². The standard InChI is InChI=1S/C30H44N2O4S/c1-26(2,3)25(33)31-17-14-30(34)20-23-11-13-29(30,27(23,4)5)21-37(35,36)32-18-15-28(16-19-32)12-10-22-8-6-7-9-24(22)28/h6-10,12,23,34H,11,13-21H2,1-5H3,(H,31,33)/t23?,29?,30-/m1/s1. The van der Waals surface area contributed by atoms with Gasteiger partial charge in [-0.3, -0.25) is 4.79 Å². The molecule has 3 fully saturated rings. The highest BCUT2D eigenvalue weighted by atomic mass is 32.2. The number of piperidine rings is 1. The monoisotopic (exact) mass is 528 g/mol. The number of fused-ring (bicyclic) bond motifs is 4. The lowest BCUT2D eigenvalue weighted by Gasteiger charge is -2.49. The summed E-state index contributed by atoms with van der Waals surface area (Å²) in [4.78, 5) is 12.4. The van der Waals surface area contributed by atoms with Crippen LogP contribution in [0.4, 0.5) is 0 Å². The van der Waals surface area contributed by atoms with Crippen molar-refractivity contribution in [2.24, 2.45) is 22.2 Å². The molecule has 3 atom stereocenters. The van der Waals surface area contributed by atoms with Gasteiger partial charge in [-0.05, 0) is 61.0 Å². The molecular formula is C30H44N2O4S. The predicted octanol–water partition coefficient (Wildman–Crippen LogP) is 4.49. The molecule has 0 radical (unpaired) electrons. The number of hydrogen-bond acceptors (Lipinski definition) is 4. The van der Waals surface area contributed by atoms with Crippen LogP contribution in [0, 0.1) is 22.2 Å². The SMILES string of the molecule is CC(C)(C)C(=O)NCC[C@@]1(O)CC2CCC1(CS(=O)(=O)N1CCC3(C=Cc4ccccc43)CC1)C2(C)C. The van der Waals surface area contributed by atoms with E-state index in [1.165, 1.54) is 11.1 Å². The van der Waals surface area contributed by atoms with Gasteiger partial charge in [0.1, 0.15) is 0 Å². The second-order valence-corrected chi connectivity index (χ2v) is 15.7. The average Bonchev–Trinajstić information content (AvgIpc) is 3.34. The van der Waals surface area contributed by atoms with E-state index in [1.54, 1.807) is 4.31 Å². The maximum atomic E-state index is 14.0. The van der Waals surface area contributed by atoms with Gasteiger partial charge in [0.2, 0.25) is 15.9 Å². The molecule has 1 spiro atoms. The fraction of sp³-hybridized carbons (Fsp3) is 0.700. The second-order valence-electron chi connectivity index (χ2n) is 13.8. The van der Waals surface area contributed by atoms with Crippen LogP contribution in [0.25, 0.3) is 6.08 Å². The Morgan fingerprint density at radius 2 is 1.81 bits per heavy atom. The largest absolute Gasteiger partial charge is 0.389 e. The average molecular weight is 529 g/mol. The van der Waals surface area contributed by atoms with Crippen molar-refractivity contribution in [1.29, 1.82) is 0 Å². The summed E-state index contributed by atoms with van der Waals surface area (Å²) in [6.45, 7) is 11.3. The third kappa shape index (κ3) is 4.11. The van der Waals surface area contributed by atoms with Crippen LogP contribution in [0.15, 0.2) is 30.3 Å². The van der Waals surface area contributed by atoms with Crippen molar-refractivity contribution in [3.05, 3.63) is 41.5 Å². The Morgan fingerprint density at radius 3 is 2.46 bits per heavy atom. The van der Waals surface area contributed by atoms with Crippen LogP contribution >= 0.6 is 0 Å². The van der Waals surface area contributed by atoms with Crippen molar-refractivity contribution in [3.8, 4) is 0 Å². The summed E-state index contributed by atoms with van der Waals surface area (Å²) < 4.78 is 29.7. The van der Waals surface area contributed by atoms with E-state index < -0.39 is 26.5 Å². The van der Waals surface area contributed by atoms with Gasteiger partial charge < -0.3 is 10.4 Å². The zero-order valence-corrected chi connectivity index (χ0v) is 24.0. The maximum absolute atomic E-state index is 14.0. The Hall–Kier alpha value is -1.70.